The highest BCUT2D eigenvalue weighted by molar-refractivity contribution is 5.78. The van der Waals surface area contributed by atoms with Gasteiger partial charge in [0.05, 0.1) is 0 Å². The molecule has 0 unspecified atom stereocenters. The molecule has 3 aromatic rings. The largest absolute Gasteiger partial charge is 0.310 e. The van der Waals surface area contributed by atoms with Crippen LogP contribution >= 0.6 is 0 Å². The Morgan fingerprint density at radius 1 is 0.727 bits per heavy atom. The van der Waals surface area contributed by atoms with Gasteiger partial charge in [0.1, 0.15) is 0 Å². The zero-order valence-corrected chi connectivity index (χ0v) is 21.5. The van der Waals surface area contributed by atoms with Gasteiger partial charge in [-0.25, -0.2) is 0 Å². The molecule has 0 aromatic heterocycles. The van der Waals surface area contributed by atoms with Crippen molar-refractivity contribution in [1.29, 1.82) is 0 Å². The number of anilines is 3. The van der Waals surface area contributed by atoms with Crippen LogP contribution in [0.4, 0.5) is 17.1 Å². The van der Waals surface area contributed by atoms with E-state index in [0.717, 1.165) is 17.7 Å². The van der Waals surface area contributed by atoms with Crippen molar-refractivity contribution in [2.75, 3.05) is 4.90 Å². The molecule has 3 aromatic carbocycles. The topological polar surface area (TPSA) is 3.24 Å². The van der Waals surface area contributed by atoms with Crippen LogP contribution in [-0.2, 0) is 10.8 Å². The molecule has 174 valence electrons. The lowest BCUT2D eigenvalue weighted by molar-refractivity contribution is 0.458. The molecule has 1 nitrogen and oxygen atoms in total. The maximum absolute atomic E-state index is 3.97. The van der Waals surface area contributed by atoms with E-state index in [4.69, 9.17) is 0 Å². The zero-order chi connectivity index (χ0) is 24.1. The zero-order valence-electron chi connectivity index (χ0n) is 21.5. The van der Waals surface area contributed by atoms with Crippen molar-refractivity contribution in [3.8, 4) is 0 Å². The molecule has 0 fully saturated rings. The molecule has 0 aliphatic heterocycles. The predicted molar refractivity (Wildman–Crippen MR) is 147 cm³/mol. The van der Waals surface area contributed by atoms with Crippen molar-refractivity contribution in [2.24, 2.45) is 0 Å². The SMILES string of the molecule is C=Cc1cccc(N(c2ccc(C(C)(C)CC)cc2)c2ccc(C(C)(C)CCCC)cc2)c1. The van der Waals surface area contributed by atoms with Gasteiger partial charge in [0.25, 0.3) is 0 Å². The van der Waals surface area contributed by atoms with Gasteiger partial charge in [0, 0.05) is 17.1 Å². The molecule has 0 bridgehead atoms. The van der Waals surface area contributed by atoms with Gasteiger partial charge in [-0.15, -0.1) is 0 Å². The Hall–Kier alpha value is -2.80. The van der Waals surface area contributed by atoms with Crippen LogP contribution in [-0.4, -0.2) is 0 Å². The molecule has 0 N–H and O–H groups in total. The second kappa shape index (κ2) is 10.4. The number of benzene rings is 3. The van der Waals surface area contributed by atoms with Gasteiger partial charge in [0.2, 0.25) is 0 Å². The van der Waals surface area contributed by atoms with E-state index in [1.807, 2.05) is 6.08 Å². The van der Waals surface area contributed by atoms with Crippen molar-refractivity contribution in [1.82, 2.24) is 0 Å². The van der Waals surface area contributed by atoms with E-state index in [2.05, 4.69) is 126 Å². The van der Waals surface area contributed by atoms with Crippen molar-refractivity contribution in [3.05, 3.63) is 96.1 Å². The molecule has 0 aliphatic rings. The number of hydrogen-bond acceptors (Lipinski definition) is 1. The molecule has 0 heterocycles. The summed E-state index contributed by atoms with van der Waals surface area (Å²) >= 11 is 0. The Bertz CT molecular complexity index is 1040. The third-order valence-electron chi connectivity index (χ3n) is 7.22. The maximum Gasteiger partial charge on any atom is 0.0467 e. The van der Waals surface area contributed by atoms with Gasteiger partial charge in [0.15, 0.2) is 0 Å². The van der Waals surface area contributed by atoms with Crippen LogP contribution in [0, 0.1) is 0 Å². The first-order valence-electron chi connectivity index (χ1n) is 12.5. The monoisotopic (exact) mass is 439 g/mol. The average molecular weight is 440 g/mol. The van der Waals surface area contributed by atoms with E-state index in [9.17, 15) is 0 Å². The number of rotatable bonds is 10. The van der Waals surface area contributed by atoms with Crippen LogP contribution in [0.2, 0.25) is 0 Å². The molecule has 0 atom stereocenters. The fraction of sp³-hybridized carbons (Fsp3) is 0.375. The summed E-state index contributed by atoms with van der Waals surface area (Å²) in [6.07, 6.45) is 6.73. The first kappa shape index (κ1) is 24.8. The number of unbranched alkanes of at least 4 members (excludes halogenated alkanes) is 1. The lowest BCUT2D eigenvalue weighted by atomic mass is 9.80. The molecule has 3 rings (SSSR count). The average Bonchev–Trinajstić information content (AvgIpc) is 2.84. The molecule has 0 radical (unpaired) electrons. The molecule has 33 heavy (non-hydrogen) atoms. The third-order valence-corrected chi connectivity index (χ3v) is 7.22. The molecule has 0 amide bonds. The molecular formula is C32H41N. The molecule has 1 heteroatoms. The lowest BCUT2D eigenvalue weighted by Crippen LogP contribution is -2.17. The van der Waals surface area contributed by atoms with Gasteiger partial charge >= 0.3 is 0 Å². The first-order valence-corrected chi connectivity index (χ1v) is 12.5. The van der Waals surface area contributed by atoms with Gasteiger partial charge in [-0.3, -0.25) is 0 Å². The summed E-state index contributed by atoms with van der Waals surface area (Å²) in [5.74, 6) is 0. The smallest absolute Gasteiger partial charge is 0.0467 e. The van der Waals surface area contributed by atoms with Crippen LogP contribution < -0.4 is 4.90 Å². The van der Waals surface area contributed by atoms with Crippen molar-refractivity contribution in [3.63, 3.8) is 0 Å². The highest BCUT2D eigenvalue weighted by atomic mass is 15.1. The second-order valence-electron chi connectivity index (χ2n) is 10.5. The van der Waals surface area contributed by atoms with Crippen LogP contribution in [0.3, 0.4) is 0 Å². The van der Waals surface area contributed by atoms with E-state index in [1.165, 1.54) is 41.8 Å². The normalized spacial score (nSPS) is 11.9. The minimum Gasteiger partial charge on any atom is -0.310 e. The van der Waals surface area contributed by atoms with Gasteiger partial charge in [-0.1, -0.05) is 103 Å². The summed E-state index contributed by atoms with van der Waals surface area (Å²) in [6, 6.07) is 26.8. The van der Waals surface area contributed by atoms with Crippen LogP contribution in [0.1, 0.15) is 83.9 Å². The van der Waals surface area contributed by atoms with E-state index in [1.54, 1.807) is 0 Å². The van der Waals surface area contributed by atoms with Crippen LogP contribution in [0.15, 0.2) is 79.4 Å². The van der Waals surface area contributed by atoms with Gasteiger partial charge in [-0.2, -0.15) is 0 Å². The summed E-state index contributed by atoms with van der Waals surface area (Å²) in [5, 5.41) is 0. The Morgan fingerprint density at radius 2 is 1.27 bits per heavy atom. The van der Waals surface area contributed by atoms with Gasteiger partial charge in [-0.05, 0) is 76.8 Å². The van der Waals surface area contributed by atoms with E-state index >= 15 is 0 Å². The van der Waals surface area contributed by atoms with E-state index in [0.29, 0.717) is 0 Å². The summed E-state index contributed by atoms with van der Waals surface area (Å²) in [7, 11) is 0. The van der Waals surface area contributed by atoms with Crippen LogP contribution in [0.25, 0.3) is 6.08 Å². The highest BCUT2D eigenvalue weighted by Gasteiger charge is 2.22. The molecular weight excluding hydrogens is 398 g/mol. The summed E-state index contributed by atoms with van der Waals surface area (Å²) in [5.41, 5.74) is 7.76. The quantitative estimate of drug-likeness (QED) is 0.304. The number of hydrogen-bond donors (Lipinski definition) is 0. The minimum absolute atomic E-state index is 0.178. The molecule has 0 saturated heterocycles. The van der Waals surface area contributed by atoms with Crippen molar-refractivity contribution in [2.45, 2.75) is 78.1 Å². The minimum atomic E-state index is 0.178. The van der Waals surface area contributed by atoms with Gasteiger partial charge < -0.3 is 4.90 Å². The Labute approximate surface area is 202 Å². The van der Waals surface area contributed by atoms with E-state index in [-0.39, 0.29) is 10.8 Å². The Kier molecular flexibility index (Phi) is 7.84. The lowest BCUT2D eigenvalue weighted by Gasteiger charge is -2.29. The maximum atomic E-state index is 3.97. The fourth-order valence-electron chi connectivity index (χ4n) is 4.33. The Balaban J connectivity index is 2.04. The van der Waals surface area contributed by atoms with E-state index < -0.39 is 0 Å². The van der Waals surface area contributed by atoms with Crippen molar-refractivity contribution < 1.29 is 0 Å². The molecule has 0 saturated carbocycles. The summed E-state index contributed by atoms with van der Waals surface area (Å²) < 4.78 is 0. The molecule has 0 spiro atoms. The fourth-order valence-corrected chi connectivity index (χ4v) is 4.33. The highest BCUT2D eigenvalue weighted by Crippen LogP contribution is 2.38. The standard InChI is InChI=1S/C32H41N/c1-8-11-23-32(6,7)27-17-21-29(22-18-27)33(30-14-12-13-25(9-2)24-30)28-19-15-26(16-20-28)31(4,5)10-3/h9,12-22,24H,2,8,10-11,23H2,1,3-7H3. The predicted octanol–water partition coefficient (Wildman–Crippen LogP) is 9.95. The third kappa shape index (κ3) is 5.77. The summed E-state index contributed by atoms with van der Waals surface area (Å²) in [4.78, 5) is 2.35. The Morgan fingerprint density at radius 3 is 1.76 bits per heavy atom. The molecule has 0 aliphatic carbocycles. The first-order chi connectivity index (χ1) is 15.7. The number of nitrogens with zero attached hydrogens (tertiary/aromatic N) is 1. The van der Waals surface area contributed by atoms with Crippen molar-refractivity contribution >= 4 is 23.1 Å². The summed E-state index contributed by atoms with van der Waals surface area (Å²) in [6.45, 7) is 17.8. The van der Waals surface area contributed by atoms with Crippen LogP contribution in [0.5, 0.6) is 0 Å². The second-order valence-corrected chi connectivity index (χ2v) is 10.5.